The van der Waals surface area contributed by atoms with Gasteiger partial charge in [0.25, 0.3) is 0 Å². The number of carbonyl (C=O) groups excluding carboxylic acids is 1. The maximum atomic E-state index is 10.9. The van der Waals surface area contributed by atoms with Crippen molar-refractivity contribution in [2.24, 2.45) is 0 Å². The fraction of sp³-hybridized carbons (Fsp3) is 0.800. The molecular weight excluding hydrogens is 242 g/mol. The Kier molecular flexibility index (Phi) is 6.75. The molecule has 1 rings (SSSR count). The second kappa shape index (κ2) is 7.86. The number of carbonyl (C=O) groups is 1. The average molecular weight is 261 g/mol. The van der Waals surface area contributed by atoms with Crippen LogP contribution in [0.2, 0.25) is 0 Å². The summed E-state index contributed by atoms with van der Waals surface area (Å²) in [4.78, 5) is 11.5. The van der Waals surface area contributed by atoms with Gasteiger partial charge in [-0.15, -0.1) is 11.8 Å². The highest BCUT2D eigenvalue weighted by atomic mass is 32.2. The van der Waals surface area contributed by atoms with Crippen LogP contribution in [-0.4, -0.2) is 22.1 Å². The zero-order chi connectivity index (χ0) is 11.8. The molecule has 0 bridgehead atoms. The van der Waals surface area contributed by atoms with Crippen LogP contribution in [0.3, 0.4) is 0 Å². The summed E-state index contributed by atoms with van der Waals surface area (Å²) in [5.74, 6) is 1.07. The lowest BCUT2D eigenvalue weighted by atomic mass is 10.2. The van der Waals surface area contributed by atoms with Crippen molar-refractivity contribution in [3.63, 3.8) is 0 Å². The third-order valence-corrected chi connectivity index (χ3v) is 4.02. The summed E-state index contributed by atoms with van der Waals surface area (Å²) in [6.45, 7) is 2.22. The highest BCUT2D eigenvalue weighted by Gasteiger charge is 2.21. The maximum absolute atomic E-state index is 10.9. The van der Waals surface area contributed by atoms with Gasteiger partial charge >= 0.3 is 6.03 Å². The molecule has 1 atom stereocenters. The van der Waals surface area contributed by atoms with Crippen molar-refractivity contribution in [1.82, 2.24) is 16.2 Å². The molecule has 0 radical (unpaired) electrons. The predicted octanol–water partition coefficient (Wildman–Crippen LogP) is 2.16. The Morgan fingerprint density at radius 2 is 2.06 bits per heavy atom. The Hall–Kier alpha value is -0.330. The number of nitrogens with one attached hydrogen (secondary N) is 3. The Labute approximate surface area is 106 Å². The zero-order valence-corrected chi connectivity index (χ0v) is 11.2. The Balaban J connectivity index is 2.04. The molecule has 2 amide bonds. The van der Waals surface area contributed by atoms with Gasteiger partial charge in [-0.2, -0.15) is 0 Å². The quantitative estimate of drug-likeness (QED) is 0.485. The first kappa shape index (κ1) is 13.7. The van der Waals surface area contributed by atoms with E-state index in [0.717, 1.165) is 5.75 Å². The molecule has 1 aliphatic rings. The van der Waals surface area contributed by atoms with E-state index >= 15 is 0 Å². The normalized spacial score (nSPS) is 20.4. The van der Waals surface area contributed by atoms with Crippen molar-refractivity contribution in [3.8, 4) is 0 Å². The SMILES string of the molecule is CCCCCCCSC1NNC(=O)NC1=S. The molecule has 1 saturated heterocycles. The number of amides is 2. The van der Waals surface area contributed by atoms with Crippen LogP contribution in [0.25, 0.3) is 0 Å². The number of thiocarbonyl (C=S) groups is 1. The Morgan fingerprint density at radius 3 is 2.75 bits per heavy atom. The van der Waals surface area contributed by atoms with Crippen LogP contribution in [0.5, 0.6) is 0 Å². The van der Waals surface area contributed by atoms with Crippen LogP contribution in [0.4, 0.5) is 4.79 Å². The number of hydrazine groups is 1. The summed E-state index contributed by atoms with van der Waals surface area (Å²) in [6, 6.07) is -0.273. The lowest BCUT2D eigenvalue weighted by Gasteiger charge is -2.25. The molecule has 0 spiro atoms. The number of hydrogen-bond acceptors (Lipinski definition) is 4. The summed E-state index contributed by atoms with van der Waals surface area (Å²) in [6.07, 6.45) is 6.40. The first-order valence-electron chi connectivity index (χ1n) is 5.72. The molecule has 0 aromatic rings. The number of thioether (sulfide) groups is 1. The topological polar surface area (TPSA) is 53.2 Å². The first-order valence-corrected chi connectivity index (χ1v) is 7.17. The molecule has 1 unspecified atom stereocenters. The molecule has 92 valence electrons. The molecule has 1 heterocycles. The van der Waals surface area contributed by atoms with Crippen LogP contribution in [0, 0.1) is 0 Å². The number of rotatable bonds is 7. The van der Waals surface area contributed by atoms with Crippen LogP contribution >= 0.6 is 24.0 Å². The number of unbranched alkanes of at least 4 members (excludes halogenated alkanes) is 4. The lowest BCUT2D eigenvalue weighted by Crippen LogP contribution is -2.60. The lowest BCUT2D eigenvalue weighted by molar-refractivity contribution is 0.239. The summed E-state index contributed by atoms with van der Waals surface area (Å²) >= 11 is 6.80. The van der Waals surface area contributed by atoms with Gasteiger partial charge in [0.05, 0.1) is 0 Å². The summed E-state index contributed by atoms with van der Waals surface area (Å²) in [5.41, 5.74) is 5.40. The number of hydrogen-bond donors (Lipinski definition) is 3. The Morgan fingerprint density at radius 1 is 1.31 bits per heavy atom. The van der Waals surface area contributed by atoms with E-state index in [1.807, 2.05) is 0 Å². The van der Waals surface area contributed by atoms with E-state index in [1.165, 1.54) is 32.1 Å². The van der Waals surface area contributed by atoms with E-state index in [0.29, 0.717) is 4.99 Å². The van der Waals surface area contributed by atoms with Crippen LogP contribution in [0.1, 0.15) is 39.0 Å². The minimum absolute atomic E-state index is 0.0128. The predicted molar refractivity (Wildman–Crippen MR) is 72.4 cm³/mol. The van der Waals surface area contributed by atoms with Crippen LogP contribution < -0.4 is 16.2 Å². The monoisotopic (exact) mass is 261 g/mol. The van der Waals surface area contributed by atoms with Crippen molar-refractivity contribution in [2.75, 3.05) is 5.75 Å². The third-order valence-electron chi connectivity index (χ3n) is 2.32. The van der Waals surface area contributed by atoms with Crippen molar-refractivity contribution in [2.45, 2.75) is 44.4 Å². The molecule has 0 aliphatic carbocycles. The molecule has 0 aromatic heterocycles. The average Bonchev–Trinajstić information content (AvgIpc) is 2.26. The van der Waals surface area contributed by atoms with Gasteiger partial charge in [0, 0.05) is 0 Å². The van der Waals surface area contributed by atoms with Crippen molar-refractivity contribution in [1.29, 1.82) is 0 Å². The highest BCUT2D eigenvalue weighted by molar-refractivity contribution is 8.01. The van der Waals surface area contributed by atoms with Gasteiger partial charge in [-0.05, 0) is 12.2 Å². The third kappa shape index (κ3) is 5.14. The van der Waals surface area contributed by atoms with Gasteiger partial charge in [0.2, 0.25) is 0 Å². The fourth-order valence-electron chi connectivity index (χ4n) is 1.43. The molecular formula is C10H19N3OS2. The largest absolute Gasteiger partial charge is 0.334 e. The second-order valence-electron chi connectivity index (χ2n) is 3.75. The smallest absolute Gasteiger partial charge is 0.299 e. The zero-order valence-electron chi connectivity index (χ0n) is 9.54. The molecule has 3 N–H and O–H groups in total. The van der Waals surface area contributed by atoms with Gasteiger partial charge in [-0.1, -0.05) is 44.8 Å². The standard InChI is InChI=1S/C10H19N3OS2/c1-2-3-4-5-6-7-16-9-8(15)11-10(14)13-12-9/h9,12H,2-7H2,1H3,(H2,11,13,14,15). The van der Waals surface area contributed by atoms with Crippen LogP contribution in [-0.2, 0) is 0 Å². The van der Waals surface area contributed by atoms with Crippen molar-refractivity contribution < 1.29 is 4.79 Å². The van der Waals surface area contributed by atoms with E-state index in [4.69, 9.17) is 12.2 Å². The maximum Gasteiger partial charge on any atom is 0.334 e. The van der Waals surface area contributed by atoms with E-state index in [-0.39, 0.29) is 11.4 Å². The summed E-state index contributed by atoms with van der Waals surface area (Å²) < 4.78 is 0. The number of urea groups is 1. The molecule has 0 saturated carbocycles. The molecule has 16 heavy (non-hydrogen) atoms. The van der Waals surface area contributed by atoms with Gasteiger partial charge < -0.3 is 0 Å². The van der Waals surface area contributed by atoms with E-state index in [2.05, 4.69) is 23.1 Å². The van der Waals surface area contributed by atoms with E-state index < -0.39 is 0 Å². The molecule has 1 fully saturated rings. The van der Waals surface area contributed by atoms with Crippen molar-refractivity contribution >= 4 is 35.0 Å². The summed E-state index contributed by atoms with van der Waals surface area (Å²) in [5, 5.41) is 2.60. The van der Waals surface area contributed by atoms with Crippen LogP contribution in [0.15, 0.2) is 0 Å². The van der Waals surface area contributed by atoms with E-state index in [1.54, 1.807) is 11.8 Å². The Bertz CT molecular complexity index is 248. The second-order valence-corrected chi connectivity index (χ2v) is 5.41. The van der Waals surface area contributed by atoms with Gasteiger partial charge in [-0.25, -0.2) is 10.2 Å². The molecule has 4 nitrogen and oxygen atoms in total. The highest BCUT2D eigenvalue weighted by Crippen LogP contribution is 2.14. The molecule has 6 heteroatoms. The first-order chi connectivity index (χ1) is 7.74. The van der Waals surface area contributed by atoms with Crippen molar-refractivity contribution in [3.05, 3.63) is 0 Å². The fourth-order valence-corrected chi connectivity index (χ4v) is 2.74. The van der Waals surface area contributed by atoms with E-state index in [9.17, 15) is 4.79 Å². The minimum atomic E-state index is -0.273. The van der Waals surface area contributed by atoms with Gasteiger partial charge in [0.1, 0.15) is 10.4 Å². The molecule has 1 aliphatic heterocycles. The van der Waals surface area contributed by atoms with Gasteiger partial charge in [-0.3, -0.25) is 10.7 Å². The van der Waals surface area contributed by atoms with Gasteiger partial charge in [0.15, 0.2) is 0 Å². The molecule has 0 aromatic carbocycles. The minimum Gasteiger partial charge on any atom is -0.299 e. The summed E-state index contributed by atoms with van der Waals surface area (Å²) in [7, 11) is 0.